The van der Waals surface area contributed by atoms with E-state index in [0.717, 1.165) is 9.75 Å². The lowest BCUT2D eigenvalue weighted by Gasteiger charge is -2.13. The molecule has 0 bridgehead atoms. The monoisotopic (exact) mass is 393 g/mol. The van der Waals surface area contributed by atoms with Gasteiger partial charge < -0.3 is 10.1 Å². The van der Waals surface area contributed by atoms with Crippen molar-refractivity contribution in [3.63, 3.8) is 0 Å². The molecule has 2 aromatic rings. The molecule has 1 amide bonds. The molecule has 138 valence electrons. The Morgan fingerprint density at radius 2 is 1.81 bits per heavy atom. The molecule has 1 aromatic heterocycles. The van der Waals surface area contributed by atoms with Crippen LogP contribution in [-0.2, 0) is 14.3 Å². The van der Waals surface area contributed by atoms with Gasteiger partial charge in [-0.25, -0.2) is 0 Å². The smallest absolute Gasteiger partial charge is 0.307 e. The molecule has 0 aliphatic rings. The molecule has 0 fully saturated rings. The number of hydrogen-bond donors (Lipinski definition) is 1. The minimum absolute atomic E-state index is 0.0569. The van der Waals surface area contributed by atoms with Crippen molar-refractivity contribution in [1.82, 2.24) is 0 Å². The second-order valence-electron chi connectivity index (χ2n) is 5.88. The second-order valence-corrected chi connectivity index (χ2v) is 7.78. The molecule has 0 radical (unpaired) electrons. The van der Waals surface area contributed by atoms with Crippen molar-refractivity contribution in [2.75, 3.05) is 5.32 Å². The summed E-state index contributed by atoms with van der Waals surface area (Å²) in [7, 11) is 0. The van der Waals surface area contributed by atoms with Crippen LogP contribution in [0, 0.1) is 13.8 Å². The molecule has 7 heteroatoms. The number of amides is 1. The van der Waals surface area contributed by atoms with Crippen molar-refractivity contribution in [3.8, 4) is 0 Å². The summed E-state index contributed by atoms with van der Waals surface area (Å²) in [5.74, 6) is -1.12. The van der Waals surface area contributed by atoms with Crippen LogP contribution in [0.2, 0.25) is 5.02 Å². The van der Waals surface area contributed by atoms with Gasteiger partial charge in [0.25, 0.3) is 5.91 Å². The highest BCUT2D eigenvalue weighted by molar-refractivity contribution is 7.12. The van der Waals surface area contributed by atoms with Crippen LogP contribution in [0.4, 0.5) is 5.69 Å². The van der Waals surface area contributed by atoms with E-state index in [1.54, 1.807) is 35.6 Å². The lowest BCUT2D eigenvalue weighted by molar-refractivity contribution is -0.153. The lowest BCUT2D eigenvalue weighted by atomic mass is 10.1. The molecule has 0 saturated carbocycles. The van der Waals surface area contributed by atoms with Crippen LogP contribution < -0.4 is 5.32 Å². The minimum Gasteiger partial charge on any atom is -0.453 e. The largest absolute Gasteiger partial charge is 0.453 e. The van der Waals surface area contributed by atoms with E-state index >= 15 is 0 Å². The average molecular weight is 394 g/mol. The standard InChI is InChI=1S/C19H20ClNO4S/c1-11-10-16(13(3)26-11)17(22)8-9-18(23)25-12(2)19(24)21-15-6-4-14(20)5-7-15/h4-7,10,12H,8-9H2,1-3H3,(H,21,24)/t12-/m1/s1. The number of aryl methyl sites for hydroxylation is 2. The van der Waals surface area contributed by atoms with Crippen molar-refractivity contribution in [2.45, 2.75) is 39.7 Å². The zero-order chi connectivity index (χ0) is 19.3. The summed E-state index contributed by atoms with van der Waals surface area (Å²) in [4.78, 5) is 38.1. The number of ketones is 1. The fourth-order valence-corrected chi connectivity index (χ4v) is 3.41. The van der Waals surface area contributed by atoms with Gasteiger partial charge in [0, 0.05) is 32.4 Å². The number of carbonyl (C=O) groups excluding carboxylic acids is 3. The normalized spacial score (nSPS) is 11.7. The first kappa shape index (κ1) is 20.1. The maximum Gasteiger partial charge on any atom is 0.307 e. The Labute approximate surface area is 161 Å². The van der Waals surface area contributed by atoms with Crippen molar-refractivity contribution in [3.05, 3.63) is 50.7 Å². The molecule has 0 saturated heterocycles. The Morgan fingerprint density at radius 3 is 2.38 bits per heavy atom. The van der Waals surface area contributed by atoms with Gasteiger partial charge in [-0.15, -0.1) is 11.3 Å². The molecule has 1 N–H and O–H groups in total. The maximum absolute atomic E-state index is 12.2. The third-order valence-corrected chi connectivity index (χ3v) is 4.90. The van der Waals surface area contributed by atoms with Crippen molar-refractivity contribution < 1.29 is 19.1 Å². The summed E-state index contributed by atoms with van der Waals surface area (Å²) >= 11 is 7.34. The van der Waals surface area contributed by atoms with Gasteiger partial charge in [0.15, 0.2) is 11.9 Å². The Bertz CT molecular complexity index is 813. The van der Waals surface area contributed by atoms with Crippen LogP contribution >= 0.6 is 22.9 Å². The summed E-state index contributed by atoms with van der Waals surface area (Å²) in [6.07, 6.45) is -0.967. The fourth-order valence-electron chi connectivity index (χ4n) is 2.34. The Hall–Kier alpha value is -2.18. The van der Waals surface area contributed by atoms with E-state index in [1.165, 1.54) is 6.92 Å². The number of esters is 1. The van der Waals surface area contributed by atoms with Crippen LogP contribution in [0.25, 0.3) is 0 Å². The first-order valence-electron chi connectivity index (χ1n) is 8.12. The third-order valence-electron chi connectivity index (χ3n) is 3.69. The second kappa shape index (κ2) is 8.96. The van der Waals surface area contributed by atoms with Gasteiger partial charge in [0.05, 0.1) is 6.42 Å². The number of benzene rings is 1. The van der Waals surface area contributed by atoms with Crippen LogP contribution in [0.15, 0.2) is 30.3 Å². The van der Waals surface area contributed by atoms with Crippen molar-refractivity contribution >= 4 is 46.3 Å². The van der Waals surface area contributed by atoms with Gasteiger partial charge in [-0.1, -0.05) is 11.6 Å². The molecule has 5 nitrogen and oxygen atoms in total. The zero-order valence-electron chi connectivity index (χ0n) is 14.8. The summed E-state index contributed by atoms with van der Waals surface area (Å²) in [6, 6.07) is 8.42. The van der Waals surface area contributed by atoms with E-state index < -0.39 is 18.0 Å². The third kappa shape index (κ3) is 5.68. The summed E-state index contributed by atoms with van der Waals surface area (Å²) in [5, 5.41) is 3.19. The predicted octanol–water partition coefficient (Wildman–Crippen LogP) is 4.55. The number of anilines is 1. The van der Waals surface area contributed by atoms with E-state index in [2.05, 4.69) is 5.32 Å². The van der Waals surface area contributed by atoms with Gasteiger partial charge in [-0.05, 0) is 51.1 Å². The molecule has 1 atom stereocenters. The number of carbonyl (C=O) groups is 3. The molecular formula is C19H20ClNO4S. The molecule has 1 aromatic carbocycles. The van der Waals surface area contributed by atoms with Gasteiger partial charge in [0.1, 0.15) is 0 Å². The van der Waals surface area contributed by atoms with E-state index in [1.807, 2.05) is 19.9 Å². The van der Waals surface area contributed by atoms with Gasteiger partial charge in [-0.3, -0.25) is 14.4 Å². The molecular weight excluding hydrogens is 374 g/mol. The highest BCUT2D eigenvalue weighted by Gasteiger charge is 2.19. The number of Topliss-reactive ketones (excluding diaryl/α,β-unsaturated/α-hetero) is 1. The van der Waals surface area contributed by atoms with E-state index in [9.17, 15) is 14.4 Å². The van der Waals surface area contributed by atoms with Crippen molar-refractivity contribution in [2.24, 2.45) is 0 Å². The zero-order valence-corrected chi connectivity index (χ0v) is 16.4. The topological polar surface area (TPSA) is 72.5 Å². The summed E-state index contributed by atoms with van der Waals surface area (Å²) in [6.45, 7) is 5.30. The van der Waals surface area contributed by atoms with E-state index in [0.29, 0.717) is 16.3 Å². The first-order chi connectivity index (χ1) is 12.3. The van der Waals surface area contributed by atoms with E-state index in [4.69, 9.17) is 16.3 Å². The number of rotatable bonds is 7. The SMILES string of the molecule is Cc1cc(C(=O)CCC(=O)O[C@H](C)C(=O)Nc2ccc(Cl)cc2)c(C)s1. The Morgan fingerprint density at radius 1 is 1.15 bits per heavy atom. The Balaban J connectivity index is 1.81. The van der Waals surface area contributed by atoms with Crippen LogP contribution in [0.3, 0.4) is 0 Å². The van der Waals surface area contributed by atoms with Gasteiger partial charge >= 0.3 is 5.97 Å². The van der Waals surface area contributed by atoms with Crippen LogP contribution in [-0.4, -0.2) is 23.8 Å². The highest BCUT2D eigenvalue weighted by Crippen LogP contribution is 2.22. The maximum atomic E-state index is 12.2. The molecule has 2 rings (SSSR count). The highest BCUT2D eigenvalue weighted by atomic mass is 35.5. The molecule has 0 aliphatic carbocycles. The van der Waals surface area contributed by atoms with Crippen molar-refractivity contribution in [1.29, 1.82) is 0 Å². The van der Waals surface area contributed by atoms with Crippen LogP contribution in [0.5, 0.6) is 0 Å². The first-order valence-corrected chi connectivity index (χ1v) is 9.32. The summed E-state index contributed by atoms with van der Waals surface area (Å²) in [5.41, 5.74) is 1.20. The summed E-state index contributed by atoms with van der Waals surface area (Å²) < 4.78 is 5.10. The molecule has 26 heavy (non-hydrogen) atoms. The quantitative estimate of drug-likeness (QED) is 0.553. The average Bonchev–Trinajstić information content (AvgIpc) is 2.93. The lowest BCUT2D eigenvalue weighted by Crippen LogP contribution is -2.30. The molecule has 1 heterocycles. The fraction of sp³-hybridized carbons (Fsp3) is 0.316. The minimum atomic E-state index is -0.960. The Kier molecular flexibility index (Phi) is 6.94. The molecule has 0 unspecified atom stereocenters. The van der Waals surface area contributed by atoms with Gasteiger partial charge in [-0.2, -0.15) is 0 Å². The number of thiophene rings is 1. The number of hydrogen-bond acceptors (Lipinski definition) is 5. The number of ether oxygens (including phenoxy) is 1. The van der Waals surface area contributed by atoms with E-state index in [-0.39, 0.29) is 18.6 Å². The number of halogens is 1. The molecule has 0 spiro atoms. The number of nitrogens with one attached hydrogen (secondary N) is 1. The molecule has 0 aliphatic heterocycles. The van der Waals surface area contributed by atoms with Crippen LogP contribution in [0.1, 0.15) is 39.9 Å². The predicted molar refractivity (Wildman–Crippen MR) is 103 cm³/mol. The van der Waals surface area contributed by atoms with Gasteiger partial charge in [0.2, 0.25) is 0 Å².